The molecule has 2 nitrogen and oxygen atoms in total. The van der Waals surface area contributed by atoms with Crippen molar-refractivity contribution in [2.24, 2.45) is 0 Å². The number of hydrogen-bond donors (Lipinski definition) is 0. The minimum Gasteiger partial charge on any atom is -0.489 e. The van der Waals surface area contributed by atoms with Crippen LogP contribution in [-0.2, 0) is 0 Å². The van der Waals surface area contributed by atoms with Gasteiger partial charge in [-0.3, -0.25) is 4.79 Å². The summed E-state index contributed by atoms with van der Waals surface area (Å²) in [5.41, 5.74) is 2.70. The van der Waals surface area contributed by atoms with Gasteiger partial charge in [0.25, 0.3) is 0 Å². The van der Waals surface area contributed by atoms with Gasteiger partial charge in [-0.05, 0) is 30.7 Å². The van der Waals surface area contributed by atoms with Gasteiger partial charge in [0, 0.05) is 6.42 Å². The minimum absolute atomic E-state index is 0.0727. The normalized spacial score (nSPS) is 19.6. The van der Waals surface area contributed by atoms with Crippen LogP contribution in [0, 0.1) is 6.92 Å². The van der Waals surface area contributed by atoms with Crippen LogP contribution in [-0.4, -0.2) is 12.4 Å². The zero-order valence-corrected chi connectivity index (χ0v) is 11.6. The lowest BCUT2D eigenvalue weighted by molar-refractivity contribution is 0.0992. The van der Waals surface area contributed by atoms with E-state index in [1.807, 2.05) is 55.5 Å². The summed E-state index contributed by atoms with van der Waals surface area (Å²) in [5, 5.41) is 0. The Bertz CT molecular complexity index is 604. The van der Waals surface area contributed by atoms with E-state index in [0.29, 0.717) is 24.3 Å². The lowest BCUT2D eigenvalue weighted by Gasteiger charge is -2.11. The van der Waals surface area contributed by atoms with Crippen LogP contribution >= 0.6 is 0 Å². The number of fused-ring (bicyclic) bond motifs is 1. The first-order valence-electron chi connectivity index (χ1n) is 6.63. The number of aryl methyl sites for hydroxylation is 1. The van der Waals surface area contributed by atoms with Crippen molar-refractivity contribution in [2.75, 3.05) is 6.61 Å². The molecule has 1 aliphatic rings. The molecule has 1 aromatic rings. The lowest BCUT2D eigenvalue weighted by atomic mass is 10.0. The van der Waals surface area contributed by atoms with Gasteiger partial charge in [-0.1, -0.05) is 48.6 Å². The molecular formula is C18H18O2. The number of hydrogen-bond acceptors (Lipinski definition) is 2. The second kappa shape index (κ2) is 6.71. The summed E-state index contributed by atoms with van der Waals surface area (Å²) in [4.78, 5) is 12.3. The van der Waals surface area contributed by atoms with Gasteiger partial charge in [0.05, 0.1) is 5.56 Å². The highest BCUT2D eigenvalue weighted by molar-refractivity contribution is 5.99. The van der Waals surface area contributed by atoms with Crippen LogP contribution in [0.25, 0.3) is 0 Å². The van der Waals surface area contributed by atoms with Crippen molar-refractivity contribution >= 4 is 5.78 Å². The molecule has 20 heavy (non-hydrogen) atoms. The summed E-state index contributed by atoms with van der Waals surface area (Å²) in [6.07, 6.45) is 11.7. The summed E-state index contributed by atoms with van der Waals surface area (Å²) in [5.74, 6) is 0.729. The first-order chi connectivity index (χ1) is 9.70. The van der Waals surface area contributed by atoms with E-state index in [1.54, 1.807) is 6.08 Å². The quantitative estimate of drug-likeness (QED) is 0.750. The molecule has 0 fully saturated rings. The Morgan fingerprint density at radius 3 is 3.00 bits per heavy atom. The maximum Gasteiger partial charge on any atom is 0.170 e. The number of allylic oxidation sites excluding steroid dienone is 6. The number of ketones is 1. The third-order valence-electron chi connectivity index (χ3n) is 3.03. The second-order valence-corrected chi connectivity index (χ2v) is 4.64. The van der Waals surface area contributed by atoms with E-state index >= 15 is 0 Å². The molecule has 0 aromatic heterocycles. The van der Waals surface area contributed by atoms with Crippen molar-refractivity contribution < 1.29 is 9.53 Å². The number of ether oxygens (including phenoxy) is 1. The van der Waals surface area contributed by atoms with E-state index < -0.39 is 0 Å². The van der Waals surface area contributed by atoms with Crippen molar-refractivity contribution in [3.05, 3.63) is 77.9 Å². The van der Waals surface area contributed by atoms with Gasteiger partial charge in [-0.2, -0.15) is 0 Å². The average molecular weight is 266 g/mol. The molecule has 0 radical (unpaired) electrons. The highest BCUT2D eigenvalue weighted by atomic mass is 16.5. The SMILES string of the molecule is C=C\C=C/C1=C/CC(=O)c2cc(C)ccc2OC/C=C\1. The lowest BCUT2D eigenvalue weighted by Crippen LogP contribution is -2.05. The van der Waals surface area contributed by atoms with Crippen molar-refractivity contribution in [2.45, 2.75) is 13.3 Å². The third kappa shape index (κ3) is 3.58. The van der Waals surface area contributed by atoms with Crippen LogP contribution in [0.15, 0.2) is 66.8 Å². The molecule has 102 valence electrons. The predicted octanol–water partition coefficient (Wildman–Crippen LogP) is 4.19. The van der Waals surface area contributed by atoms with Crippen molar-refractivity contribution in [1.29, 1.82) is 0 Å². The fraction of sp³-hybridized carbons (Fsp3) is 0.167. The summed E-state index contributed by atoms with van der Waals surface area (Å²) in [7, 11) is 0. The topological polar surface area (TPSA) is 26.3 Å². The smallest absolute Gasteiger partial charge is 0.170 e. The minimum atomic E-state index is 0.0727. The summed E-state index contributed by atoms with van der Waals surface area (Å²) < 4.78 is 5.66. The molecule has 0 aliphatic carbocycles. The number of rotatable bonds is 2. The summed E-state index contributed by atoms with van der Waals surface area (Å²) in [6, 6.07) is 5.70. The van der Waals surface area contributed by atoms with Crippen molar-refractivity contribution in [3.63, 3.8) is 0 Å². The van der Waals surface area contributed by atoms with Gasteiger partial charge in [-0.15, -0.1) is 0 Å². The summed E-state index contributed by atoms with van der Waals surface area (Å²) >= 11 is 0. The first kappa shape index (κ1) is 14.1. The number of benzene rings is 1. The average Bonchev–Trinajstić information content (AvgIpc) is 2.46. The van der Waals surface area contributed by atoms with Crippen LogP contribution in [0.3, 0.4) is 0 Å². The Morgan fingerprint density at radius 1 is 1.35 bits per heavy atom. The third-order valence-corrected chi connectivity index (χ3v) is 3.03. The predicted molar refractivity (Wildman–Crippen MR) is 82.2 cm³/mol. The number of carbonyl (C=O) groups excluding carboxylic acids is 1. The Labute approximate surface area is 119 Å². The second-order valence-electron chi connectivity index (χ2n) is 4.64. The van der Waals surface area contributed by atoms with Gasteiger partial charge in [0.15, 0.2) is 5.78 Å². The molecule has 1 aromatic carbocycles. The van der Waals surface area contributed by atoms with Crippen molar-refractivity contribution in [3.8, 4) is 5.75 Å². The van der Waals surface area contributed by atoms with Crippen molar-refractivity contribution in [1.82, 2.24) is 0 Å². The molecular weight excluding hydrogens is 248 g/mol. The van der Waals surface area contributed by atoms with Crippen LogP contribution in [0.1, 0.15) is 22.3 Å². The molecule has 1 aliphatic heterocycles. The van der Waals surface area contributed by atoms with E-state index in [9.17, 15) is 4.79 Å². The summed E-state index contributed by atoms with van der Waals surface area (Å²) in [6.45, 7) is 6.06. The van der Waals surface area contributed by atoms with Gasteiger partial charge in [0.1, 0.15) is 12.4 Å². The molecule has 1 heterocycles. The van der Waals surface area contributed by atoms with E-state index in [1.165, 1.54) is 0 Å². The Morgan fingerprint density at radius 2 is 2.20 bits per heavy atom. The van der Waals surface area contributed by atoms with E-state index in [4.69, 9.17) is 4.74 Å². The van der Waals surface area contributed by atoms with E-state index in [0.717, 1.165) is 11.1 Å². The maximum atomic E-state index is 12.3. The van der Waals surface area contributed by atoms with E-state index in [-0.39, 0.29) is 5.78 Å². The van der Waals surface area contributed by atoms with E-state index in [2.05, 4.69) is 6.58 Å². The highest BCUT2D eigenvalue weighted by Crippen LogP contribution is 2.23. The molecule has 0 amide bonds. The van der Waals surface area contributed by atoms with Crippen LogP contribution in [0.4, 0.5) is 0 Å². The molecule has 0 spiro atoms. The Kier molecular flexibility index (Phi) is 4.72. The Balaban J connectivity index is 2.33. The van der Waals surface area contributed by atoms with Gasteiger partial charge < -0.3 is 4.74 Å². The Hall–Kier alpha value is -2.35. The van der Waals surface area contributed by atoms with Gasteiger partial charge >= 0.3 is 0 Å². The fourth-order valence-electron chi connectivity index (χ4n) is 2.00. The van der Waals surface area contributed by atoms with Crippen LogP contribution in [0.2, 0.25) is 0 Å². The zero-order valence-electron chi connectivity index (χ0n) is 11.6. The molecule has 0 N–H and O–H groups in total. The monoisotopic (exact) mass is 266 g/mol. The molecule has 0 saturated carbocycles. The molecule has 0 atom stereocenters. The molecule has 0 bridgehead atoms. The number of carbonyl (C=O) groups is 1. The van der Waals surface area contributed by atoms with Gasteiger partial charge in [0.2, 0.25) is 0 Å². The molecule has 2 rings (SSSR count). The zero-order chi connectivity index (χ0) is 14.4. The first-order valence-corrected chi connectivity index (χ1v) is 6.63. The fourth-order valence-corrected chi connectivity index (χ4v) is 2.00. The van der Waals surface area contributed by atoms with Crippen LogP contribution < -0.4 is 4.74 Å². The van der Waals surface area contributed by atoms with Crippen LogP contribution in [0.5, 0.6) is 5.75 Å². The number of Topliss-reactive ketones (excluding diaryl/α,β-unsaturated/α-hetero) is 1. The largest absolute Gasteiger partial charge is 0.489 e. The highest BCUT2D eigenvalue weighted by Gasteiger charge is 2.12. The molecule has 0 saturated heterocycles. The standard InChI is InChI=1S/C18H18O2/c1-3-4-6-15-7-5-12-20-18-11-8-14(2)13-16(18)17(19)10-9-15/h3-9,11,13H,1,10,12H2,2H3/b6-4-,7-5-,15-9-. The molecule has 2 heteroatoms. The maximum absolute atomic E-state index is 12.3. The van der Waals surface area contributed by atoms with Gasteiger partial charge in [-0.25, -0.2) is 0 Å². The molecule has 0 unspecified atom stereocenters.